The van der Waals surface area contributed by atoms with E-state index in [2.05, 4.69) is 27.7 Å². The van der Waals surface area contributed by atoms with Gasteiger partial charge in [-0.25, -0.2) is 4.79 Å². The predicted octanol–water partition coefficient (Wildman–Crippen LogP) is 3.71. The van der Waals surface area contributed by atoms with Gasteiger partial charge < -0.3 is 14.3 Å². The van der Waals surface area contributed by atoms with Crippen LogP contribution in [0.4, 0.5) is 0 Å². The van der Waals surface area contributed by atoms with Gasteiger partial charge in [-0.1, -0.05) is 34.1 Å². The van der Waals surface area contributed by atoms with Gasteiger partial charge >= 0.3 is 11.9 Å². The molecule has 1 heterocycles. The maximum absolute atomic E-state index is 12.3. The molecule has 0 amide bonds. The molecule has 2 fully saturated rings. The van der Waals surface area contributed by atoms with Crippen LogP contribution in [-0.2, 0) is 23.9 Å². The summed E-state index contributed by atoms with van der Waals surface area (Å²) in [6.07, 6.45) is 6.24. The number of aldehydes is 1. The van der Waals surface area contributed by atoms with Crippen LogP contribution in [-0.4, -0.2) is 30.9 Å². The fraction of sp³-hybridized carbons (Fsp3) is 0.773. The van der Waals surface area contributed by atoms with E-state index in [1.807, 2.05) is 0 Å². The van der Waals surface area contributed by atoms with Crippen molar-refractivity contribution in [1.82, 2.24) is 0 Å². The van der Waals surface area contributed by atoms with E-state index in [0.29, 0.717) is 13.0 Å². The summed E-state index contributed by atoms with van der Waals surface area (Å²) in [5.74, 6) is -0.486. The molecule has 0 aromatic rings. The summed E-state index contributed by atoms with van der Waals surface area (Å²) in [6, 6.07) is 0. The van der Waals surface area contributed by atoms with Gasteiger partial charge in [-0.3, -0.25) is 4.79 Å². The molecule has 27 heavy (non-hydrogen) atoms. The van der Waals surface area contributed by atoms with Gasteiger partial charge in [-0.05, 0) is 47.5 Å². The highest BCUT2D eigenvalue weighted by Crippen LogP contribution is 2.62. The number of esters is 2. The molecule has 0 saturated heterocycles. The molecule has 0 aromatic heterocycles. The van der Waals surface area contributed by atoms with Crippen molar-refractivity contribution in [3.63, 3.8) is 0 Å². The van der Waals surface area contributed by atoms with Gasteiger partial charge in [0.25, 0.3) is 0 Å². The Balaban J connectivity index is 2.01. The first-order valence-corrected chi connectivity index (χ1v) is 10.1. The number of cyclic esters (lactones) is 1. The molecule has 150 valence electrons. The molecule has 5 nitrogen and oxygen atoms in total. The molecule has 2 saturated carbocycles. The van der Waals surface area contributed by atoms with Crippen molar-refractivity contribution >= 4 is 18.2 Å². The summed E-state index contributed by atoms with van der Waals surface area (Å²) in [5, 5.41) is 0. The van der Waals surface area contributed by atoms with E-state index in [-0.39, 0.29) is 52.5 Å². The minimum atomic E-state index is -0.310. The van der Waals surface area contributed by atoms with Crippen molar-refractivity contribution in [2.45, 2.75) is 66.4 Å². The van der Waals surface area contributed by atoms with E-state index < -0.39 is 0 Å². The van der Waals surface area contributed by atoms with Crippen molar-refractivity contribution in [2.24, 2.45) is 34.5 Å². The summed E-state index contributed by atoms with van der Waals surface area (Å²) < 4.78 is 10.9. The number of ether oxygens (including phenoxy) is 2. The molecule has 0 bridgehead atoms. The summed E-state index contributed by atoms with van der Waals surface area (Å²) in [7, 11) is 0. The maximum Gasteiger partial charge on any atom is 0.331 e. The summed E-state index contributed by atoms with van der Waals surface area (Å²) in [5.41, 5.74) is 0.731. The van der Waals surface area contributed by atoms with Crippen LogP contribution < -0.4 is 0 Å². The first-order valence-electron chi connectivity index (χ1n) is 10.1. The standard InChI is InChI=1S/C22H32O5/c1-13(15-9-19(25)26-12-15)16-10-18(27-14(2)24)20-21(3,4)7-6-8-22(20,5)17(16)11-23/h9,11,13,16-18,20H,6-8,10,12H2,1-5H3/t13-,16-,17-,18-,20-,22+/m0/s1. The van der Waals surface area contributed by atoms with Gasteiger partial charge in [-0.2, -0.15) is 0 Å². The zero-order valence-corrected chi connectivity index (χ0v) is 17.1. The summed E-state index contributed by atoms with van der Waals surface area (Å²) in [4.78, 5) is 35.7. The molecule has 0 spiro atoms. The molecule has 5 heteroatoms. The quantitative estimate of drug-likeness (QED) is 0.553. The third-order valence-electron chi connectivity index (χ3n) is 7.56. The monoisotopic (exact) mass is 376 g/mol. The number of hydrogen-bond acceptors (Lipinski definition) is 5. The number of carbonyl (C=O) groups excluding carboxylic acids is 3. The molecular weight excluding hydrogens is 344 g/mol. The number of rotatable bonds is 4. The SMILES string of the molecule is CC(=O)O[C@H]1C[C@@H]([C@@H](C)C2=CC(=O)OC2)[C@H](C=O)[C@@]2(C)CCCC(C)(C)[C@H]12. The van der Waals surface area contributed by atoms with Crippen LogP contribution in [0.3, 0.4) is 0 Å². The summed E-state index contributed by atoms with van der Waals surface area (Å²) >= 11 is 0. The highest BCUT2D eigenvalue weighted by molar-refractivity contribution is 5.85. The Morgan fingerprint density at radius 1 is 1.33 bits per heavy atom. The average Bonchev–Trinajstić information content (AvgIpc) is 2.98. The third-order valence-corrected chi connectivity index (χ3v) is 7.56. The van der Waals surface area contributed by atoms with Crippen molar-refractivity contribution in [2.75, 3.05) is 6.61 Å². The van der Waals surface area contributed by atoms with Crippen LogP contribution in [0, 0.1) is 34.5 Å². The van der Waals surface area contributed by atoms with E-state index in [1.165, 1.54) is 6.92 Å². The van der Waals surface area contributed by atoms with Crippen molar-refractivity contribution in [3.8, 4) is 0 Å². The van der Waals surface area contributed by atoms with Gasteiger partial charge in [0.15, 0.2) is 0 Å². The Morgan fingerprint density at radius 3 is 2.59 bits per heavy atom. The number of hydrogen-bond donors (Lipinski definition) is 0. The smallest absolute Gasteiger partial charge is 0.331 e. The van der Waals surface area contributed by atoms with Crippen LogP contribution in [0.5, 0.6) is 0 Å². The lowest BCUT2D eigenvalue weighted by atomic mass is 9.44. The molecule has 0 radical (unpaired) electrons. The van der Waals surface area contributed by atoms with Crippen LogP contribution in [0.25, 0.3) is 0 Å². The Bertz CT molecular complexity index is 664. The van der Waals surface area contributed by atoms with Gasteiger partial charge in [0, 0.05) is 24.8 Å². The topological polar surface area (TPSA) is 69.7 Å². The highest BCUT2D eigenvalue weighted by atomic mass is 16.5. The molecular formula is C22H32O5. The normalized spacial score (nSPS) is 39.0. The zero-order chi connectivity index (χ0) is 20.0. The van der Waals surface area contributed by atoms with E-state index in [9.17, 15) is 14.4 Å². The summed E-state index contributed by atoms with van der Waals surface area (Å²) in [6.45, 7) is 10.5. The van der Waals surface area contributed by atoms with Gasteiger partial charge in [0.05, 0.1) is 0 Å². The maximum atomic E-state index is 12.3. The molecule has 0 N–H and O–H groups in total. The first kappa shape index (κ1) is 20.1. The fourth-order valence-corrected chi connectivity index (χ4v) is 6.50. The van der Waals surface area contributed by atoms with Gasteiger partial charge in [0.2, 0.25) is 0 Å². The molecule has 3 aliphatic rings. The van der Waals surface area contributed by atoms with E-state index >= 15 is 0 Å². The van der Waals surface area contributed by atoms with Crippen LogP contribution in [0.15, 0.2) is 11.6 Å². The van der Waals surface area contributed by atoms with Crippen molar-refractivity contribution < 1.29 is 23.9 Å². The molecule has 6 atom stereocenters. The zero-order valence-electron chi connectivity index (χ0n) is 17.1. The van der Waals surface area contributed by atoms with Crippen LogP contribution >= 0.6 is 0 Å². The second-order valence-corrected chi connectivity index (χ2v) is 9.65. The van der Waals surface area contributed by atoms with Crippen molar-refractivity contribution in [3.05, 3.63) is 11.6 Å². The fourth-order valence-electron chi connectivity index (χ4n) is 6.50. The Hall–Kier alpha value is -1.65. The molecule has 0 aromatic carbocycles. The lowest BCUT2D eigenvalue weighted by Crippen LogP contribution is -2.59. The first-order chi connectivity index (χ1) is 12.6. The number of carbonyl (C=O) groups is 3. The van der Waals surface area contributed by atoms with Gasteiger partial charge in [-0.15, -0.1) is 0 Å². The Kier molecular flexibility index (Phi) is 5.26. The average molecular weight is 376 g/mol. The van der Waals surface area contributed by atoms with Gasteiger partial charge in [0.1, 0.15) is 19.0 Å². The number of fused-ring (bicyclic) bond motifs is 1. The molecule has 1 aliphatic heterocycles. The van der Waals surface area contributed by atoms with Crippen molar-refractivity contribution in [1.29, 1.82) is 0 Å². The van der Waals surface area contributed by atoms with Crippen LogP contribution in [0.2, 0.25) is 0 Å². The Morgan fingerprint density at radius 2 is 2.04 bits per heavy atom. The lowest BCUT2D eigenvalue weighted by Gasteiger charge is -2.61. The highest BCUT2D eigenvalue weighted by Gasteiger charge is 2.60. The predicted molar refractivity (Wildman–Crippen MR) is 101 cm³/mol. The second-order valence-electron chi connectivity index (χ2n) is 9.65. The second kappa shape index (κ2) is 7.06. The Labute approximate surface area is 161 Å². The minimum Gasteiger partial charge on any atom is -0.462 e. The van der Waals surface area contributed by atoms with E-state index in [1.54, 1.807) is 6.08 Å². The minimum absolute atomic E-state index is 0.00822. The van der Waals surface area contributed by atoms with E-state index in [4.69, 9.17) is 9.47 Å². The van der Waals surface area contributed by atoms with Crippen LogP contribution in [0.1, 0.15) is 60.3 Å². The molecule has 2 aliphatic carbocycles. The molecule has 0 unspecified atom stereocenters. The largest absolute Gasteiger partial charge is 0.462 e. The molecule has 3 rings (SSSR count). The lowest BCUT2D eigenvalue weighted by molar-refractivity contribution is -0.189. The van der Waals surface area contributed by atoms with E-state index in [0.717, 1.165) is 31.1 Å². The third kappa shape index (κ3) is 3.45.